The number of rotatable bonds is 17. The maximum Gasteiger partial charge on any atom is 0.246 e. The van der Waals surface area contributed by atoms with Gasteiger partial charge in [-0.2, -0.15) is 0 Å². The van der Waals surface area contributed by atoms with Crippen LogP contribution in [0, 0.1) is 5.82 Å². The topological polar surface area (TPSA) is 375 Å². The van der Waals surface area contributed by atoms with Gasteiger partial charge in [0, 0.05) is 102 Å². The van der Waals surface area contributed by atoms with E-state index in [9.17, 15) is 48.3 Å². The van der Waals surface area contributed by atoms with Crippen molar-refractivity contribution in [2.24, 2.45) is 0 Å². The number of nitrogens with zero attached hydrogens (tertiary/aromatic N) is 3. The Morgan fingerprint density at radius 3 is 2.28 bits per heavy atom. The number of likely N-dealkylation sites (tertiary alicyclic amines) is 1. The molecule has 11 N–H and O–H groups in total. The predicted molar refractivity (Wildman–Crippen MR) is 378 cm³/mol. The average molecular weight is 1520 g/mol. The smallest absolute Gasteiger partial charge is 0.246 e. The molecule has 1 unspecified atom stereocenters. The van der Waals surface area contributed by atoms with Gasteiger partial charge in [0.2, 0.25) is 70.9 Å². The molecule has 0 spiro atoms. The number of benzene rings is 3. The Morgan fingerprint density at radius 1 is 0.792 bits per heavy atom. The lowest BCUT2D eigenvalue weighted by atomic mass is 9.96. The first-order valence-electron chi connectivity index (χ1n) is 34.7. The van der Waals surface area contributed by atoms with Crippen LogP contribution in [0.2, 0.25) is 0 Å². The first-order valence-corrected chi connectivity index (χ1v) is 36.2. The lowest BCUT2D eigenvalue weighted by Gasteiger charge is -2.36. The van der Waals surface area contributed by atoms with Crippen molar-refractivity contribution in [3.63, 3.8) is 0 Å². The van der Waals surface area contributed by atoms with Crippen LogP contribution in [0.25, 0.3) is 10.9 Å². The highest BCUT2D eigenvalue weighted by molar-refractivity contribution is 14.1. The second-order valence-corrected chi connectivity index (χ2v) is 27.5. The minimum Gasteiger partial charge on any atom is -0.497 e. The number of halogens is 2. The molecule has 0 aliphatic carbocycles. The van der Waals surface area contributed by atoms with Gasteiger partial charge in [0.15, 0.2) is 0 Å². The van der Waals surface area contributed by atoms with E-state index in [4.69, 9.17) is 9.47 Å². The lowest BCUT2D eigenvalue weighted by molar-refractivity contribution is -0.148. The molecule has 101 heavy (non-hydrogen) atoms. The minimum absolute atomic E-state index is 0.0710. The number of aryl methyl sites for hydroxylation is 1. The number of fused-ring (bicyclic) bond motifs is 12. The van der Waals surface area contributed by atoms with Gasteiger partial charge in [-0.05, 0) is 123 Å². The Bertz CT molecular complexity index is 3650. The van der Waals surface area contributed by atoms with Crippen molar-refractivity contribution in [1.29, 1.82) is 0 Å². The van der Waals surface area contributed by atoms with Crippen molar-refractivity contribution in [3.05, 3.63) is 101 Å². The number of alkyl halides is 1. The number of likely N-dealkylation sites (N-methyl/N-ethyl adjacent to an activating group) is 1. The van der Waals surface area contributed by atoms with Crippen molar-refractivity contribution < 1.29 is 76.5 Å². The lowest BCUT2D eigenvalue weighted by Crippen LogP contribution is -2.64. The fraction of sp³-hybridized carbons (Fsp3) is 0.549. The SMILES string of the molecule is CNC(=O)[C@]1(C)CCCN1C(=O)[C@H](Cc1ccc(OC)cc1)NC(=O)[C@@H](NC(=O)[C@@H]1[C@@H]2CCN1C(=O)[C@@H]1Cc3cn(c4ccc(F)cc34)CCCCCCNC(=O)CCC(=O)N[C@@H](C)C(=O)N[C@H](CNC(=O)CCCCCI)C(=O)NC(Cc3cccc(c3)CNC(=O)CO2)C(=O)N1)[C@@H](C)O. The number of nitrogens with one attached hydrogen (secondary N) is 10. The van der Waals surface area contributed by atoms with E-state index in [2.05, 4.69) is 75.8 Å². The molecule has 0 radical (unpaired) electrons. The number of hydrogen-bond donors (Lipinski definition) is 11. The number of unbranched alkanes of at least 4 members (excludes halogenated alkanes) is 2. The number of hydrogen-bond acceptors (Lipinski definition) is 15. The molecule has 2 saturated heterocycles. The molecule has 10 atom stereocenters. The summed E-state index contributed by atoms with van der Waals surface area (Å²) in [5.74, 6) is -8.96. The number of aliphatic hydroxyl groups excluding tert-OH is 1. The largest absolute Gasteiger partial charge is 0.497 e. The summed E-state index contributed by atoms with van der Waals surface area (Å²) in [4.78, 5) is 175. The third-order valence-electron chi connectivity index (χ3n) is 18.9. The molecule has 4 aliphatic heterocycles. The van der Waals surface area contributed by atoms with Crippen LogP contribution < -0.4 is 57.9 Å². The Kier molecular flexibility index (Phi) is 28.7. The summed E-state index contributed by atoms with van der Waals surface area (Å²) in [6.07, 6.45) is 3.19. The van der Waals surface area contributed by atoms with Crippen LogP contribution in [0.1, 0.15) is 126 Å². The zero-order valence-electron chi connectivity index (χ0n) is 57.9. The highest BCUT2D eigenvalue weighted by atomic mass is 127. The van der Waals surface area contributed by atoms with E-state index >= 15 is 18.8 Å². The zero-order valence-corrected chi connectivity index (χ0v) is 60.0. The van der Waals surface area contributed by atoms with E-state index in [1.54, 1.807) is 67.7 Å². The van der Waals surface area contributed by atoms with Crippen LogP contribution in [-0.4, -0.2) is 202 Å². The standard InChI is InChI=1S/C71H95FIN13O15/c1-42-63(92)82-54(39-77-57(88)17-9-8-10-28-73)65(94)79-51-35-45-15-13-16-46(33-45)38-76-60(91)41-101-56-26-32-85(68(97)53(80-64(51)93)36-47-40-84(55-23-20-48(72)37-50(47)55)30-12-7-6-11-29-75-58(89)24-25-59(90)78-42)62(56)67(96)83-61(43(2)87)66(95)81-52(34-44-18-21-49(100-5)22-19-44)69(98)86-31-14-27-71(86,3)70(99)74-4/h13,15-16,18-23,33,37,40,42-43,51-54,56,61-62,87H,6-12,14,17,24-32,34-36,38-39,41H2,1-5H3,(H,74,99)(H,75,89)(H,76,91)(H,77,88)(H,78,90)(H,79,94)(H,80,93)(H,81,95)(H,82,92)(H,83,96)/t42-,43+,51?,52-,53-,54+,56-,61-,62-,71-/m0/s1. The summed E-state index contributed by atoms with van der Waals surface area (Å²) < 4.78 is 30.0. The fourth-order valence-electron chi connectivity index (χ4n) is 13.3. The van der Waals surface area contributed by atoms with Crippen molar-refractivity contribution in [1.82, 2.24) is 67.5 Å². The van der Waals surface area contributed by atoms with E-state index in [0.717, 1.165) is 22.2 Å². The van der Waals surface area contributed by atoms with Crippen LogP contribution in [0.3, 0.4) is 0 Å². The number of carbonyl (C=O) groups excluding carboxylic acids is 12. The number of aliphatic hydroxyl groups is 1. The molecule has 30 heteroatoms. The fourth-order valence-corrected chi connectivity index (χ4v) is 13.8. The van der Waals surface area contributed by atoms with Gasteiger partial charge in [0.1, 0.15) is 66.0 Å². The Labute approximate surface area is 600 Å². The van der Waals surface area contributed by atoms with Gasteiger partial charge in [-0.25, -0.2) is 4.39 Å². The van der Waals surface area contributed by atoms with Crippen molar-refractivity contribution in [3.8, 4) is 5.75 Å². The Hall–Kier alpha value is -8.78. The molecule has 548 valence electrons. The molecule has 3 aromatic carbocycles. The van der Waals surface area contributed by atoms with Crippen molar-refractivity contribution in [2.45, 2.75) is 197 Å². The Balaban J connectivity index is 1.18. The molecule has 8 bridgehead atoms. The molecule has 8 rings (SSSR count). The van der Waals surface area contributed by atoms with Crippen molar-refractivity contribution in [2.75, 3.05) is 51.4 Å². The van der Waals surface area contributed by atoms with Gasteiger partial charge in [-0.1, -0.05) is 78.3 Å². The van der Waals surface area contributed by atoms with Crippen LogP contribution in [0.15, 0.2) is 72.9 Å². The average Bonchev–Trinajstić information content (AvgIpc) is 1.67. The molecular formula is C71H95FIN13O15. The molecule has 28 nitrogen and oxygen atoms in total. The number of amides is 12. The zero-order chi connectivity index (χ0) is 72.9. The third kappa shape index (κ3) is 21.4. The molecule has 2 fully saturated rings. The van der Waals surface area contributed by atoms with Gasteiger partial charge in [0.05, 0.1) is 19.3 Å². The summed E-state index contributed by atoms with van der Waals surface area (Å²) in [5, 5.41) is 39.0. The molecule has 4 aliphatic rings. The highest BCUT2D eigenvalue weighted by Crippen LogP contribution is 2.32. The molecule has 5 heterocycles. The third-order valence-corrected chi connectivity index (χ3v) is 19.7. The molecule has 0 saturated carbocycles. The number of carbonyl (C=O) groups is 12. The van der Waals surface area contributed by atoms with Gasteiger partial charge >= 0.3 is 0 Å². The Morgan fingerprint density at radius 2 is 1.53 bits per heavy atom. The highest BCUT2D eigenvalue weighted by Gasteiger charge is 2.49. The molecule has 12 amide bonds. The van der Waals surface area contributed by atoms with Crippen LogP contribution in [0.4, 0.5) is 4.39 Å². The summed E-state index contributed by atoms with van der Waals surface area (Å²) in [6, 6.07) is 6.57. The normalized spacial score (nSPS) is 23.5. The van der Waals surface area contributed by atoms with Crippen LogP contribution in [0.5, 0.6) is 5.75 Å². The summed E-state index contributed by atoms with van der Waals surface area (Å²) in [6.45, 7) is 3.72. The van der Waals surface area contributed by atoms with E-state index in [0.29, 0.717) is 96.9 Å². The molecular weight excluding hydrogens is 1420 g/mol. The number of aromatic nitrogens is 1. The van der Waals surface area contributed by atoms with Crippen molar-refractivity contribution >= 4 is 104 Å². The monoisotopic (exact) mass is 1520 g/mol. The molecule has 4 aromatic rings. The van der Waals surface area contributed by atoms with E-state index in [1.165, 1.54) is 45.0 Å². The van der Waals surface area contributed by atoms with Crippen LogP contribution >= 0.6 is 22.6 Å². The van der Waals surface area contributed by atoms with Crippen LogP contribution in [-0.2, 0) is 94.6 Å². The van der Waals surface area contributed by atoms with E-state index in [-0.39, 0.29) is 70.5 Å². The second kappa shape index (κ2) is 37.2. The van der Waals surface area contributed by atoms with Gasteiger partial charge < -0.3 is 82.1 Å². The number of methoxy groups -OCH3 is 1. The maximum atomic E-state index is 16.0. The first kappa shape index (κ1) is 77.9. The first-order chi connectivity index (χ1) is 48.4. The maximum absolute atomic E-state index is 16.0. The van der Waals surface area contributed by atoms with Gasteiger partial charge in [-0.15, -0.1) is 0 Å². The van der Waals surface area contributed by atoms with E-state index in [1.807, 2.05) is 4.57 Å². The summed E-state index contributed by atoms with van der Waals surface area (Å²) in [5.41, 5.74) is 1.25. The van der Waals surface area contributed by atoms with Gasteiger partial charge in [0.25, 0.3) is 0 Å². The molecule has 1 aromatic heterocycles. The predicted octanol–water partition coefficient (Wildman–Crippen LogP) is 1.45. The van der Waals surface area contributed by atoms with Gasteiger partial charge in [-0.3, -0.25) is 57.5 Å². The summed E-state index contributed by atoms with van der Waals surface area (Å²) >= 11 is 2.24. The second-order valence-electron chi connectivity index (χ2n) is 26.5. The minimum atomic E-state index is -1.84. The van der Waals surface area contributed by atoms with E-state index < -0.39 is 144 Å². The summed E-state index contributed by atoms with van der Waals surface area (Å²) in [7, 11) is 2.94. The quantitative estimate of drug-likeness (QED) is 0.0405. The number of ether oxygens (including phenoxy) is 2.